The maximum Gasteiger partial charge on any atom is 0.411 e. The Morgan fingerprint density at radius 3 is 1.84 bits per heavy atom. The van der Waals surface area contributed by atoms with E-state index in [1.165, 1.54) is 76.3 Å². The lowest BCUT2D eigenvalue weighted by Crippen LogP contribution is -2.14. The maximum atomic E-state index is 11.6. The van der Waals surface area contributed by atoms with Gasteiger partial charge in [-0.3, -0.25) is 5.32 Å². The number of amides is 1. The smallest absolute Gasteiger partial charge is 0.411 e. The molecular weight excluding hydrogens is 314 g/mol. The summed E-state index contributed by atoms with van der Waals surface area (Å²) in [7, 11) is 0. The van der Waals surface area contributed by atoms with Gasteiger partial charge >= 0.3 is 6.09 Å². The number of benzene rings is 1. The predicted molar refractivity (Wildman–Crippen MR) is 104 cm³/mol. The molecule has 25 heavy (non-hydrogen) atoms. The van der Waals surface area contributed by atoms with Crippen molar-refractivity contribution in [1.29, 1.82) is 0 Å². The van der Waals surface area contributed by atoms with Gasteiger partial charge in [0.05, 0.1) is 6.61 Å². The van der Waals surface area contributed by atoms with Gasteiger partial charge in [-0.1, -0.05) is 77.6 Å². The third kappa shape index (κ3) is 12.3. The second-order valence-electron chi connectivity index (χ2n) is 6.70. The van der Waals surface area contributed by atoms with Crippen molar-refractivity contribution in [1.82, 2.24) is 0 Å². The van der Waals surface area contributed by atoms with E-state index in [1.807, 2.05) is 0 Å². The van der Waals surface area contributed by atoms with Gasteiger partial charge in [0.25, 0.3) is 0 Å². The first kappa shape index (κ1) is 21.3. The summed E-state index contributed by atoms with van der Waals surface area (Å²) in [5, 5.41) is 11.8. The highest BCUT2D eigenvalue weighted by Gasteiger charge is 2.02. The highest BCUT2D eigenvalue weighted by molar-refractivity contribution is 5.84. The fourth-order valence-corrected chi connectivity index (χ4v) is 2.81. The molecule has 2 N–H and O–H groups in total. The van der Waals surface area contributed by atoms with Gasteiger partial charge in [0.15, 0.2) is 0 Å². The normalized spacial score (nSPS) is 10.6. The van der Waals surface area contributed by atoms with E-state index in [-0.39, 0.29) is 5.75 Å². The minimum atomic E-state index is -0.436. The summed E-state index contributed by atoms with van der Waals surface area (Å²) in [5.74, 6) is 0.176. The van der Waals surface area contributed by atoms with E-state index in [1.54, 1.807) is 12.1 Å². The SMILES string of the molecule is CCCCCCCCCCCCCCOC(=O)Nc1ccc(O)cc1. The Kier molecular flexibility index (Phi) is 12.5. The fourth-order valence-electron chi connectivity index (χ4n) is 2.81. The maximum absolute atomic E-state index is 11.6. The quantitative estimate of drug-likeness (QED) is 0.292. The molecule has 1 amide bonds. The molecule has 0 bridgehead atoms. The Morgan fingerprint density at radius 1 is 0.840 bits per heavy atom. The molecule has 0 spiro atoms. The molecule has 0 aliphatic heterocycles. The molecule has 0 saturated heterocycles. The van der Waals surface area contributed by atoms with E-state index in [2.05, 4.69) is 12.2 Å². The lowest BCUT2D eigenvalue weighted by molar-refractivity contribution is 0.159. The average molecular weight is 350 g/mol. The van der Waals surface area contributed by atoms with E-state index < -0.39 is 6.09 Å². The topological polar surface area (TPSA) is 58.6 Å². The van der Waals surface area contributed by atoms with Gasteiger partial charge in [-0.15, -0.1) is 0 Å². The van der Waals surface area contributed by atoms with Crippen LogP contribution >= 0.6 is 0 Å². The largest absolute Gasteiger partial charge is 0.508 e. The van der Waals surface area contributed by atoms with Crippen LogP contribution in [0, 0.1) is 0 Å². The molecule has 0 aliphatic rings. The molecule has 1 rings (SSSR count). The zero-order valence-corrected chi connectivity index (χ0v) is 15.8. The van der Waals surface area contributed by atoms with Crippen molar-refractivity contribution < 1.29 is 14.6 Å². The third-order valence-electron chi connectivity index (χ3n) is 4.34. The Balaban J connectivity index is 1.85. The number of phenols is 1. The van der Waals surface area contributed by atoms with E-state index >= 15 is 0 Å². The Hall–Kier alpha value is -1.71. The number of anilines is 1. The monoisotopic (exact) mass is 349 g/mol. The van der Waals surface area contributed by atoms with Crippen LogP contribution in [-0.2, 0) is 4.74 Å². The van der Waals surface area contributed by atoms with Gasteiger partial charge in [0, 0.05) is 5.69 Å². The molecule has 0 radical (unpaired) electrons. The van der Waals surface area contributed by atoms with Crippen molar-refractivity contribution in [3.8, 4) is 5.75 Å². The number of rotatable bonds is 14. The van der Waals surface area contributed by atoms with Crippen molar-refractivity contribution in [2.75, 3.05) is 11.9 Å². The van der Waals surface area contributed by atoms with Crippen LogP contribution in [0.25, 0.3) is 0 Å². The van der Waals surface area contributed by atoms with Crippen molar-refractivity contribution in [2.24, 2.45) is 0 Å². The van der Waals surface area contributed by atoms with Gasteiger partial charge in [0.2, 0.25) is 0 Å². The molecule has 0 unspecified atom stereocenters. The summed E-state index contributed by atoms with van der Waals surface area (Å²) in [6, 6.07) is 6.34. The molecular formula is C21H35NO3. The second kappa shape index (κ2) is 14.6. The molecule has 0 saturated carbocycles. The van der Waals surface area contributed by atoms with Crippen LogP contribution in [0.4, 0.5) is 10.5 Å². The third-order valence-corrected chi connectivity index (χ3v) is 4.34. The number of hydrogen-bond donors (Lipinski definition) is 2. The minimum absolute atomic E-state index is 0.176. The van der Waals surface area contributed by atoms with Crippen LogP contribution < -0.4 is 5.32 Å². The molecule has 4 heteroatoms. The number of ether oxygens (including phenoxy) is 1. The Labute approximate surface area is 153 Å². The van der Waals surface area contributed by atoms with Gasteiger partial charge in [-0.2, -0.15) is 0 Å². The van der Waals surface area contributed by atoms with E-state index in [4.69, 9.17) is 4.74 Å². The van der Waals surface area contributed by atoms with Gasteiger partial charge in [0.1, 0.15) is 5.75 Å². The van der Waals surface area contributed by atoms with E-state index in [0.29, 0.717) is 12.3 Å². The van der Waals surface area contributed by atoms with Crippen LogP contribution in [0.15, 0.2) is 24.3 Å². The highest BCUT2D eigenvalue weighted by Crippen LogP contribution is 2.14. The molecule has 1 aromatic carbocycles. The summed E-state index contributed by atoms with van der Waals surface area (Å²) >= 11 is 0. The molecule has 0 aromatic heterocycles. The van der Waals surface area contributed by atoms with Crippen LogP contribution in [0.1, 0.15) is 84.0 Å². The minimum Gasteiger partial charge on any atom is -0.508 e. The number of nitrogens with one attached hydrogen (secondary N) is 1. The molecule has 142 valence electrons. The van der Waals surface area contributed by atoms with Crippen molar-refractivity contribution >= 4 is 11.8 Å². The van der Waals surface area contributed by atoms with Gasteiger partial charge in [-0.25, -0.2) is 4.79 Å². The van der Waals surface area contributed by atoms with Crippen LogP contribution in [0.2, 0.25) is 0 Å². The molecule has 0 fully saturated rings. The second-order valence-corrected chi connectivity index (χ2v) is 6.70. The Bertz CT molecular complexity index is 445. The molecule has 4 nitrogen and oxygen atoms in total. The molecule has 0 aliphatic carbocycles. The summed E-state index contributed by atoms with van der Waals surface area (Å²) in [5.41, 5.74) is 0.623. The van der Waals surface area contributed by atoms with E-state index in [0.717, 1.165) is 12.8 Å². The van der Waals surface area contributed by atoms with Crippen molar-refractivity contribution in [2.45, 2.75) is 84.0 Å². The van der Waals surface area contributed by atoms with Crippen LogP contribution in [0.3, 0.4) is 0 Å². The van der Waals surface area contributed by atoms with Gasteiger partial charge in [-0.05, 0) is 30.7 Å². The lowest BCUT2D eigenvalue weighted by atomic mass is 10.1. The average Bonchev–Trinajstić information content (AvgIpc) is 2.61. The highest BCUT2D eigenvalue weighted by atomic mass is 16.5. The number of carbonyl (C=O) groups is 1. The summed E-state index contributed by atoms with van der Waals surface area (Å²) < 4.78 is 5.16. The fraction of sp³-hybridized carbons (Fsp3) is 0.667. The number of carbonyl (C=O) groups excluding carboxylic acids is 1. The first-order chi connectivity index (χ1) is 12.2. The standard InChI is InChI=1S/C21H35NO3/c1-2-3-4-5-6-7-8-9-10-11-12-13-18-25-21(24)22-19-14-16-20(23)17-15-19/h14-17,23H,2-13,18H2,1H3,(H,22,24). The van der Waals surface area contributed by atoms with Crippen molar-refractivity contribution in [3.63, 3.8) is 0 Å². The van der Waals surface area contributed by atoms with E-state index in [9.17, 15) is 9.90 Å². The summed E-state index contributed by atoms with van der Waals surface area (Å²) in [4.78, 5) is 11.6. The zero-order valence-electron chi connectivity index (χ0n) is 15.8. The molecule has 0 atom stereocenters. The van der Waals surface area contributed by atoms with Crippen molar-refractivity contribution in [3.05, 3.63) is 24.3 Å². The lowest BCUT2D eigenvalue weighted by Gasteiger charge is -2.07. The number of phenolic OH excluding ortho intramolecular Hbond substituents is 1. The summed E-state index contributed by atoms with van der Waals surface area (Å²) in [6.45, 7) is 2.72. The van der Waals surface area contributed by atoms with Crippen LogP contribution in [0.5, 0.6) is 5.75 Å². The summed E-state index contributed by atoms with van der Waals surface area (Å²) in [6.07, 6.45) is 15.1. The molecule has 0 heterocycles. The molecule has 1 aromatic rings. The number of aromatic hydroxyl groups is 1. The number of hydrogen-bond acceptors (Lipinski definition) is 3. The number of unbranched alkanes of at least 4 members (excludes halogenated alkanes) is 11. The van der Waals surface area contributed by atoms with Gasteiger partial charge < -0.3 is 9.84 Å². The Morgan fingerprint density at radius 2 is 1.32 bits per heavy atom. The first-order valence-corrected chi connectivity index (χ1v) is 9.95. The van der Waals surface area contributed by atoms with Crippen LogP contribution in [-0.4, -0.2) is 17.8 Å². The zero-order chi connectivity index (χ0) is 18.2. The predicted octanol–water partition coefficient (Wildman–Crippen LogP) is 6.64. The first-order valence-electron chi connectivity index (χ1n) is 9.95.